The Hall–Kier alpha value is -0.470. The molecule has 0 saturated heterocycles. The van der Waals surface area contributed by atoms with E-state index >= 15 is 0 Å². The fourth-order valence-corrected chi connectivity index (χ4v) is 4.23. The van der Waals surface area contributed by atoms with Crippen molar-refractivity contribution < 1.29 is 0 Å². The quantitative estimate of drug-likeness (QED) is 0.889. The first-order valence-corrected chi connectivity index (χ1v) is 8.49. The molecule has 0 bridgehead atoms. The maximum Gasteiger partial charge on any atom is 0.00778 e. The number of thioether (sulfide) groups is 1. The molecule has 3 rings (SSSR count). The Balaban J connectivity index is 1.48. The Morgan fingerprint density at radius 3 is 3.00 bits per heavy atom. The monoisotopic (exact) mass is 261 g/mol. The van der Waals surface area contributed by atoms with E-state index < -0.39 is 0 Å². The lowest BCUT2D eigenvalue weighted by atomic mass is 9.77. The van der Waals surface area contributed by atoms with Crippen LogP contribution in [0.5, 0.6) is 0 Å². The minimum atomic E-state index is 0.768. The van der Waals surface area contributed by atoms with Gasteiger partial charge in [-0.05, 0) is 43.1 Å². The number of benzene rings is 1. The molecule has 18 heavy (non-hydrogen) atoms. The van der Waals surface area contributed by atoms with Gasteiger partial charge in [-0.15, -0.1) is 0 Å². The molecule has 0 aromatic heterocycles. The first kappa shape index (κ1) is 12.6. The fourth-order valence-electron chi connectivity index (χ4n) is 3.40. The lowest BCUT2D eigenvalue weighted by molar-refractivity contribution is 0.365. The summed E-state index contributed by atoms with van der Waals surface area (Å²) in [5.41, 5.74) is 3.15. The van der Waals surface area contributed by atoms with Gasteiger partial charge in [-0.25, -0.2) is 0 Å². The average Bonchev–Trinajstić information content (AvgIpc) is 2.40. The Morgan fingerprint density at radius 2 is 2.17 bits per heavy atom. The number of nitrogens with one attached hydrogen (secondary N) is 1. The summed E-state index contributed by atoms with van der Waals surface area (Å²) in [5, 5.41) is 4.71. The molecule has 0 heterocycles. The summed E-state index contributed by atoms with van der Waals surface area (Å²) in [6.45, 7) is 1.18. The first-order valence-electron chi connectivity index (χ1n) is 7.21. The standard InChI is InChI=1S/C16H23NS/c1-18-15-7-4-6-14(10-15)17-11-13-9-12-5-2-3-8-16(12)13/h2-3,5,8,13-15,17H,4,6-7,9-11H2,1H3. The van der Waals surface area contributed by atoms with Crippen molar-refractivity contribution in [1.29, 1.82) is 0 Å². The van der Waals surface area contributed by atoms with E-state index in [0.29, 0.717) is 0 Å². The summed E-state index contributed by atoms with van der Waals surface area (Å²) in [4.78, 5) is 0. The zero-order chi connectivity index (χ0) is 12.4. The fraction of sp³-hybridized carbons (Fsp3) is 0.625. The maximum absolute atomic E-state index is 3.82. The number of fused-ring (bicyclic) bond motifs is 1. The van der Waals surface area contributed by atoms with Gasteiger partial charge in [0.2, 0.25) is 0 Å². The Kier molecular flexibility index (Phi) is 3.95. The molecule has 1 saturated carbocycles. The van der Waals surface area contributed by atoms with Crippen LogP contribution in [0, 0.1) is 0 Å². The summed E-state index contributed by atoms with van der Waals surface area (Å²) >= 11 is 2.05. The van der Waals surface area contributed by atoms with Gasteiger partial charge in [0.1, 0.15) is 0 Å². The number of rotatable bonds is 4. The van der Waals surface area contributed by atoms with E-state index in [9.17, 15) is 0 Å². The van der Waals surface area contributed by atoms with Crippen LogP contribution in [-0.4, -0.2) is 24.1 Å². The second-order valence-electron chi connectivity index (χ2n) is 5.73. The Bertz CT molecular complexity index is 404. The molecule has 2 heteroatoms. The van der Waals surface area contributed by atoms with Crippen molar-refractivity contribution in [2.24, 2.45) is 0 Å². The van der Waals surface area contributed by atoms with Crippen LogP contribution in [0.25, 0.3) is 0 Å². The normalized spacial score (nSPS) is 30.6. The zero-order valence-electron chi connectivity index (χ0n) is 11.2. The lowest BCUT2D eigenvalue weighted by Gasteiger charge is -2.34. The van der Waals surface area contributed by atoms with Gasteiger partial charge in [0.05, 0.1) is 0 Å². The second kappa shape index (κ2) is 5.66. The third-order valence-electron chi connectivity index (χ3n) is 4.57. The SMILES string of the molecule is CSC1CCCC(NCC2Cc3ccccc32)C1. The van der Waals surface area contributed by atoms with Gasteiger partial charge in [0.25, 0.3) is 0 Å². The molecule has 0 radical (unpaired) electrons. The minimum Gasteiger partial charge on any atom is -0.313 e. The van der Waals surface area contributed by atoms with Crippen LogP contribution in [-0.2, 0) is 6.42 Å². The molecule has 2 aliphatic carbocycles. The highest BCUT2D eigenvalue weighted by Gasteiger charge is 2.27. The van der Waals surface area contributed by atoms with Crippen molar-refractivity contribution in [3.05, 3.63) is 35.4 Å². The molecule has 2 aliphatic rings. The summed E-state index contributed by atoms with van der Waals surface area (Å²) < 4.78 is 0. The van der Waals surface area contributed by atoms with E-state index in [-0.39, 0.29) is 0 Å². The summed E-state index contributed by atoms with van der Waals surface area (Å²) in [6.07, 6.45) is 9.12. The minimum absolute atomic E-state index is 0.768. The largest absolute Gasteiger partial charge is 0.313 e. The van der Waals surface area contributed by atoms with Crippen LogP contribution in [0.15, 0.2) is 24.3 Å². The Morgan fingerprint density at radius 1 is 1.28 bits per heavy atom. The first-order chi connectivity index (χ1) is 8.86. The molecular weight excluding hydrogens is 238 g/mol. The summed E-state index contributed by atoms with van der Waals surface area (Å²) in [5.74, 6) is 0.774. The predicted molar refractivity (Wildman–Crippen MR) is 80.4 cm³/mol. The highest BCUT2D eigenvalue weighted by molar-refractivity contribution is 7.99. The molecular formula is C16H23NS. The molecule has 98 valence electrons. The van der Waals surface area contributed by atoms with E-state index in [1.165, 1.54) is 38.6 Å². The molecule has 1 aromatic carbocycles. The molecule has 3 atom stereocenters. The van der Waals surface area contributed by atoms with Crippen molar-refractivity contribution in [2.75, 3.05) is 12.8 Å². The van der Waals surface area contributed by atoms with E-state index in [0.717, 1.165) is 17.2 Å². The maximum atomic E-state index is 3.82. The third kappa shape index (κ3) is 2.60. The van der Waals surface area contributed by atoms with Crippen LogP contribution in [0.2, 0.25) is 0 Å². The van der Waals surface area contributed by atoms with E-state index in [4.69, 9.17) is 0 Å². The second-order valence-corrected chi connectivity index (χ2v) is 6.87. The lowest BCUT2D eigenvalue weighted by Crippen LogP contribution is -2.39. The molecule has 1 aromatic rings. The van der Waals surface area contributed by atoms with Crippen molar-refractivity contribution in [2.45, 2.75) is 49.3 Å². The van der Waals surface area contributed by atoms with Gasteiger partial charge in [-0.3, -0.25) is 0 Å². The Labute approximate surface area is 115 Å². The van der Waals surface area contributed by atoms with Gasteiger partial charge >= 0.3 is 0 Å². The van der Waals surface area contributed by atoms with E-state index in [2.05, 4.69) is 47.6 Å². The predicted octanol–water partition coefficient (Wildman–Crippen LogP) is 3.59. The summed E-state index contributed by atoms with van der Waals surface area (Å²) in [7, 11) is 0. The summed E-state index contributed by atoms with van der Waals surface area (Å²) in [6, 6.07) is 9.68. The van der Waals surface area contributed by atoms with E-state index in [1.54, 1.807) is 11.1 Å². The van der Waals surface area contributed by atoms with Crippen LogP contribution in [0.3, 0.4) is 0 Å². The highest BCUT2D eigenvalue weighted by atomic mass is 32.2. The smallest absolute Gasteiger partial charge is 0.00778 e. The van der Waals surface area contributed by atoms with E-state index in [1.807, 2.05) is 0 Å². The van der Waals surface area contributed by atoms with Crippen molar-refractivity contribution in [3.63, 3.8) is 0 Å². The van der Waals surface area contributed by atoms with Gasteiger partial charge < -0.3 is 5.32 Å². The van der Waals surface area contributed by atoms with Crippen LogP contribution >= 0.6 is 11.8 Å². The average molecular weight is 261 g/mol. The van der Waals surface area contributed by atoms with Gasteiger partial charge in [-0.1, -0.05) is 30.7 Å². The van der Waals surface area contributed by atoms with Gasteiger partial charge in [0, 0.05) is 23.8 Å². The molecule has 0 aliphatic heterocycles. The number of hydrogen-bond donors (Lipinski definition) is 1. The van der Waals surface area contributed by atoms with Crippen molar-refractivity contribution in [1.82, 2.24) is 5.32 Å². The molecule has 0 amide bonds. The topological polar surface area (TPSA) is 12.0 Å². The third-order valence-corrected chi connectivity index (χ3v) is 5.67. The van der Waals surface area contributed by atoms with Gasteiger partial charge in [0.15, 0.2) is 0 Å². The molecule has 1 fully saturated rings. The van der Waals surface area contributed by atoms with Gasteiger partial charge in [-0.2, -0.15) is 11.8 Å². The van der Waals surface area contributed by atoms with Crippen molar-refractivity contribution >= 4 is 11.8 Å². The van der Waals surface area contributed by atoms with Crippen LogP contribution < -0.4 is 5.32 Å². The zero-order valence-corrected chi connectivity index (χ0v) is 12.0. The molecule has 1 nitrogen and oxygen atoms in total. The molecule has 3 unspecified atom stereocenters. The highest BCUT2D eigenvalue weighted by Crippen LogP contribution is 2.34. The van der Waals surface area contributed by atoms with Crippen molar-refractivity contribution in [3.8, 4) is 0 Å². The van der Waals surface area contributed by atoms with Crippen LogP contribution in [0.4, 0.5) is 0 Å². The molecule has 1 N–H and O–H groups in total. The molecule has 0 spiro atoms. The number of hydrogen-bond acceptors (Lipinski definition) is 2. The van der Waals surface area contributed by atoms with Crippen LogP contribution in [0.1, 0.15) is 42.7 Å².